The number of hydrogen-bond acceptors (Lipinski definition) is 7. The smallest absolute Gasteiger partial charge is 0.140 e. The van der Waals surface area contributed by atoms with Crippen LogP contribution in [0.1, 0.15) is 110 Å². The van der Waals surface area contributed by atoms with Gasteiger partial charge in [0.2, 0.25) is 0 Å². The minimum Gasteiger partial charge on any atom is -0.360 e. The van der Waals surface area contributed by atoms with Gasteiger partial charge in [-0.2, -0.15) is 0 Å². The van der Waals surface area contributed by atoms with Crippen molar-refractivity contribution in [3.8, 4) is 33.0 Å². The molecule has 83 heavy (non-hydrogen) atoms. The number of allylic oxidation sites excluding steroid dienone is 9. The first kappa shape index (κ1) is 50.0. The molecule has 8 aliphatic rings. The number of rotatable bonds is 9. The van der Waals surface area contributed by atoms with Crippen molar-refractivity contribution >= 4 is 71.2 Å². The van der Waals surface area contributed by atoms with Crippen LogP contribution in [0.15, 0.2) is 200 Å². The van der Waals surface area contributed by atoms with Crippen LogP contribution < -0.4 is 11.1 Å². The minimum absolute atomic E-state index is 0.0449. The topological polar surface area (TPSA) is 62.4 Å². The second-order valence-electron chi connectivity index (χ2n) is 25.7. The molecule has 9 atom stereocenters. The largest absolute Gasteiger partial charge is 0.360 e. The molecule has 0 amide bonds. The standard InChI is InChI=1S/C75H68N6S2/c1-44-19-16-24-51(37-44)81-64-31-14-15-36-73(64,3)63-35-34-55-66-54(27-18-29-61(66)83-71(55)74(63,81)4)68-57(58-42-75(78-58,50-22-10-7-11-23-50)79(5)72(76)47-20-8-6-9-21-47)41-49(43-77-68)52-26-17-30-62-67(52)65-45(2)38-56-53-25-12-13-28-59(53)80(69(56)70(65)82-62)60-40-46-32-33-48(60)39-46/h6-18,20-31,34-35,37,40-46,48,63,72,78H,19,32-33,36,38-39,76H2,1-5H3. The summed E-state index contributed by atoms with van der Waals surface area (Å²) in [7, 11) is 2.15. The van der Waals surface area contributed by atoms with Crippen molar-refractivity contribution in [1.82, 2.24) is 24.7 Å². The van der Waals surface area contributed by atoms with Crippen LogP contribution in [-0.4, -0.2) is 26.4 Å². The first-order chi connectivity index (χ1) is 40.5. The lowest BCUT2D eigenvalue weighted by atomic mass is 9.65. The summed E-state index contributed by atoms with van der Waals surface area (Å²) in [6.07, 6.45) is 33.3. The van der Waals surface area contributed by atoms with Gasteiger partial charge in [0.25, 0.3) is 0 Å². The maximum absolute atomic E-state index is 7.29. The Hall–Kier alpha value is -7.59. The number of aromatic nitrogens is 2. The Morgan fingerprint density at radius 3 is 2.36 bits per heavy atom. The third-order valence-corrected chi connectivity index (χ3v) is 23.5. The molecule has 2 aliphatic heterocycles. The first-order valence-corrected chi connectivity index (χ1v) is 32.0. The van der Waals surface area contributed by atoms with Gasteiger partial charge in [0.15, 0.2) is 0 Å². The average Bonchev–Trinajstić information content (AvgIpc) is 1.72. The number of likely N-dealkylation sites (N-methyl/N-ethyl adjacent to an activating group) is 1. The van der Waals surface area contributed by atoms with E-state index in [1.54, 1.807) is 0 Å². The van der Waals surface area contributed by atoms with Crippen LogP contribution in [0.3, 0.4) is 0 Å². The molecule has 5 aromatic carbocycles. The molecule has 6 aliphatic carbocycles. The van der Waals surface area contributed by atoms with E-state index in [9.17, 15) is 0 Å². The van der Waals surface area contributed by atoms with Gasteiger partial charge in [-0.25, -0.2) is 0 Å². The fourth-order valence-corrected chi connectivity index (χ4v) is 19.8. The van der Waals surface area contributed by atoms with Crippen LogP contribution in [0.4, 0.5) is 0 Å². The maximum Gasteiger partial charge on any atom is 0.140 e. The van der Waals surface area contributed by atoms with E-state index < -0.39 is 5.66 Å². The lowest BCUT2D eigenvalue weighted by Gasteiger charge is -2.50. The highest BCUT2D eigenvalue weighted by Crippen LogP contribution is 2.67. The third kappa shape index (κ3) is 6.98. The predicted molar refractivity (Wildman–Crippen MR) is 347 cm³/mol. The zero-order valence-corrected chi connectivity index (χ0v) is 49.5. The lowest BCUT2D eigenvalue weighted by Crippen LogP contribution is -2.60. The second kappa shape index (κ2) is 18.2. The van der Waals surface area contributed by atoms with E-state index in [0.717, 1.165) is 58.5 Å². The van der Waals surface area contributed by atoms with Crippen molar-refractivity contribution < 1.29 is 0 Å². The van der Waals surface area contributed by atoms with E-state index in [1.807, 2.05) is 22.7 Å². The lowest BCUT2D eigenvalue weighted by molar-refractivity contribution is 0.0811. The van der Waals surface area contributed by atoms with Gasteiger partial charge in [0.1, 0.15) is 5.66 Å². The monoisotopic (exact) mass is 1120 g/mol. The Balaban J connectivity index is 0.871. The van der Waals surface area contributed by atoms with Crippen LogP contribution in [0, 0.1) is 29.1 Å². The zero-order chi connectivity index (χ0) is 55.7. The molecule has 0 radical (unpaired) electrons. The summed E-state index contributed by atoms with van der Waals surface area (Å²) in [6, 6.07) is 46.9. The van der Waals surface area contributed by atoms with Crippen molar-refractivity contribution in [2.24, 2.45) is 34.8 Å². The highest BCUT2D eigenvalue weighted by Gasteiger charge is 2.62. The molecule has 1 saturated heterocycles. The number of hydrogen-bond donors (Lipinski definition) is 2. The number of nitrogens with one attached hydrogen (secondary N) is 1. The number of nitrogens with two attached hydrogens (primary N) is 1. The molecule has 3 N–H and O–H groups in total. The van der Waals surface area contributed by atoms with Gasteiger partial charge in [0.05, 0.1) is 33.5 Å². The summed E-state index contributed by atoms with van der Waals surface area (Å²) in [4.78, 5) is 13.7. The molecule has 17 rings (SSSR count). The molecule has 4 aromatic heterocycles. The van der Waals surface area contributed by atoms with E-state index >= 15 is 0 Å². The molecule has 2 fully saturated rings. The van der Waals surface area contributed by atoms with Gasteiger partial charge >= 0.3 is 0 Å². The van der Waals surface area contributed by atoms with Gasteiger partial charge in [0, 0.05) is 87.4 Å². The Labute approximate surface area is 495 Å². The van der Waals surface area contributed by atoms with Gasteiger partial charge in [-0.3, -0.25) is 9.88 Å². The minimum atomic E-state index is -0.701. The number of fused-ring (bicyclic) bond motifs is 16. The van der Waals surface area contributed by atoms with Crippen molar-refractivity contribution in [2.75, 3.05) is 7.05 Å². The fraction of sp³-hybridized carbons (Fsp3) is 0.267. The highest BCUT2D eigenvalue weighted by molar-refractivity contribution is 7.22. The Morgan fingerprint density at radius 2 is 1.58 bits per heavy atom. The quantitative estimate of drug-likeness (QED) is 0.141. The first-order valence-electron chi connectivity index (χ1n) is 30.3. The maximum atomic E-state index is 7.29. The third-order valence-electron chi connectivity index (χ3n) is 20.9. The number of para-hydroxylation sites is 1. The van der Waals surface area contributed by atoms with Crippen LogP contribution in [0.5, 0.6) is 0 Å². The van der Waals surface area contributed by atoms with Crippen LogP contribution >= 0.6 is 22.7 Å². The highest BCUT2D eigenvalue weighted by atomic mass is 32.1. The van der Waals surface area contributed by atoms with Crippen LogP contribution in [0.2, 0.25) is 0 Å². The summed E-state index contributed by atoms with van der Waals surface area (Å²) in [5.74, 6) is 2.41. The van der Waals surface area contributed by atoms with Gasteiger partial charge in [-0.15, -0.1) is 22.7 Å². The molecule has 9 unspecified atom stereocenters. The number of benzene rings is 5. The molecular weight excluding hydrogens is 1050 g/mol. The number of likely N-dealkylation sites (tertiary alicyclic amines) is 1. The second-order valence-corrected chi connectivity index (χ2v) is 27.8. The van der Waals surface area contributed by atoms with Crippen LogP contribution in [0.25, 0.3) is 81.5 Å². The summed E-state index contributed by atoms with van der Waals surface area (Å²) in [5, 5.41) is 8.21. The van der Waals surface area contributed by atoms with E-state index in [0.29, 0.717) is 23.7 Å². The van der Waals surface area contributed by atoms with Gasteiger partial charge < -0.3 is 20.5 Å². The average molecular weight is 1120 g/mol. The molecule has 6 nitrogen and oxygen atoms in total. The predicted octanol–water partition coefficient (Wildman–Crippen LogP) is 18.3. The zero-order valence-electron chi connectivity index (χ0n) is 47.9. The molecule has 410 valence electrons. The van der Waals surface area contributed by atoms with Crippen molar-refractivity contribution in [1.29, 1.82) is 0 Å². The van der Waals surface area contributed by atoms with Crippen molar-refractivity contribution in [2.45, 2.75) is 89.5 Å². The van der Waals surface area contributed by atoms with E-state index in [2.05, 4.69) is 249 Å². The van der Waals surface area contributed by atoms with E-state index in [4.69, 9.17) is 10.7 Å². The van der Waals surface area contributed by atoms with Crippen molar-refractivity contribution in [3.63, 3.8) is 0 Å². The fourth-order valence-electron chi connectivity index (χ4n) is 17.0. The SMILES string of the molecule is CC1C=C(N2C3=CC=CCC3(C)C3C=Cc4c(sc5cccc(-c6ncc(-c7cccc8sc9c(c78)C(C)Cc7c-9n(C8=CC9CCC8C9)c8ccccc78)cc6C6=CC(c7ccccc7)(N(C)C(N)c7ccccc7)N6)c45)C32C)C=CC1. The van der Waals surface area contributed by atoms with E-state index in [1.165, 1.54) is 105 Å². The molecule has 0 spiro atoms. The molecule has 9 aromatic rings. The Morgan fingerprint density at radius 1 is 0.807 bits per heavy atom. The van der Waals surface area contributed by atoms with Crippen molar-refractivity contribution in [3.05, 3.63) is 238 Å². The summed E-state index contributed by atoms with van der Waals surface area (Å²) in [6.45, 7) is 9.87. The van der Waals surface area contributed by atoms with Crippen LogP contribution in [-0.2, 0) is 17.6 Å². The Bertz CT molecular complexity index is 4460. The number of nitrogens with zero attached hydrogens (tertiary/aromatic N) is 4. The summed E-state index contributed by atoms with van der Waals surface area (Å²) < 4.78 is 5.34. The molecule has 6 heterocycles. The Kier molecular flexibility index (Phi) is 11.0. The van der Waals surface area contributed by atoms with Gasteiger partial charge in [-0.1, -0.05) is 166 Å². The van der Waals surface area contributed by atoms with E-state index in [-0.39, 0.29) is 23.0 Å². The molecule has 8 heteroatoms. The molecule has 1 saturated carbocycles. The number of pyridine rings is 1. The molecule has 2 bridgehead atoms. The summed E-state index contributed by atoms with van der Waals surface area (Å²) >= 11 is 3.98. The number of thiophene rings is 2. The summed E-state index contributed by atoms with van der Waals surface area (Å²) in [5.41, 5.74) is 26.4. The normalized spacial score (nSPS) is 27.4. The molecular formula is C75H68N6S2. The van der Waals surface area contributed by atoms with Gasteiger partial charge in [-0.05, 0) is 152 Å².